The van der Waals surface area contributed by atoms with E-state index >= 15 is 0 Å². The van der Waals surface area contributed by atoms with Crippen molar-refractivity contribution in [1.29, 1.82) is 0 Å². The van der Waals surface area contributed by atoms with Gasteiger partial charge in [-0.2, -0.15) is 4.31 Å². The van der Waals surface area contributed by atoms with Crippen LogP contribution in [0, 0.1) is 5.82 Å². The molecular formula is C27H23Cl2FN2O7S. The second-order valence-corrected chi connectivity index (χ2v) is 13.0. The van der Waals surface area contributed by atoms with E-state index in [0.717, 1.165) is 31.0 Å². The van der Waals surface area contributed by atoms with Crippen molar-refractivity contribution in [1.82, 2.24) is 9.46 Å². The van der Waals surface area contributed by atoms with Crippen molar-refractivity contribution in [3.05, 3.63) is 69.1 Å². The van der Waals surface area contributed by atoms with Crippen LogP contribution in [0.2, 0.25) is 10.0 Å². The molecule has 6 rings (SSSR count). The fraction of sp³-hybridized carbons (Fsp3) is 0.370. The fourth-order valence-electron chi connectivity index (χ4n) is 5.76. The number of carbonyl (C=O) groups excluding carboxylic acids is 1. The summed E-state index contributed by atoms with van der Waals surface area (Å²) in [6.45, 7) is 0. The summed E-state index contributed by atoms with van der Waals surface area (Å²) in [6, 6.07) is 6.50. The first kappa shape index (κ1) is 27.2. The van der Waals surface area contributed by atoms with Gasteiger partial charge in [0.1, 0.15) is 23.2 Å². The maximum absolute atomic E-state index is 14.1. The topological polar surface area (TPSA) is 127 Å². The van der Waals surface area contributed by atoms with Crippen LogP contribution in [0.15, 0.2) is 45.8 Å². The molecule has 3 atom stereocenters. The lowest BCUT2D eigenvalue weighted by Crippen LogP contribution is -2.48. The van der Waals surface area contributed by atoms with Crippen molar-refractivity contribution in [3.63, 3.8) is 0 Å². The van der Waals surface area contributed by atoms with E-state index in [9.17, 15) is 27.5 Å². The van der Waals surface area contributed by atoms with Gasteiger partial charge in [0.2, 0.25) is 10.0 Å². The normalized spacial score (nSPS) is 22.8. The van der Waals surface area contributed by atoms with E-state index in [4.69, 9.17) is 32.5 Å². The summed E-state index contributed by atoms with van der Waals surface area (Å²) in [5.74, 6) is -2.58. The standard InChI is InChI=1S/C27H23Cl2FN2O7S/c28-20-2-1-3-21(29)22(20)24-23(25(39-31-24)13-4-5-13)27(35)38-18-11-16-6-7-17(12-18)32(16)40(36,37)19-9-14(26(33)34)8-15(30)10-19/h1-3,8-10,13,16-18H,4-7,11-12H2,(H,33,34)/t16-,17+,18?. The van der Waals surface area contributed by atoms with E-state index in [1.807, 2.05) is 0 Å². The summed E-state index contributed by atoms with van der Waals surface area (Å²) < 4.78 is 53.9. The summed E-state index contributed by atoms with van der Waals surface area (Å²) in [6.07, 6.45) is 2.61. The highest BCUT2D eigenvalue weighted by Gasteiger charge is 2.49. The van der Waals surface area contributed by atoms with E-state index in [2.05, 4.69) is 5.16 Å². The molecule has 2 saturated heterocycles. The summed E-state index contributed by atoms with van der Waals surface area (Å²) >= 11 is 12.8. The zero-order chi connectivity index (χ0) is 28.3. The van der Waals surface area contributed by atoms with Gasteiger partial charge in [0.05, 0.1) is 20.5 Å². The first-order chi connectivity index (χ1) is 19.0. The number of carboxylic acids is 1. The van der Waals surface area contributed by atoms with Gasteiger partial charge in [-0.15, -0.1) is 0 Å². The van der Waals surface area contributed by atoms with Crippen molar-refractivity contribution in [2.24, 2.45) is 0 Å². The van der Waals surface area contributed by atoms with Crippen LogP contribution >= 0.6 is 23.2 Å². The maximum Gasteiger partial charge on any atom is 0.344 e. The molecule has 1 aliphatic carbocycles. The first-order valence-electron chi connectivity index (χ1n) is 12.8. The Hall–Kier alpha value is -2.99. The first-order valence-corrected chi connectivity index (χ1v) is 15.0. The van der Waals surface area contributed by atoms with Gasteiger partial charge in [0.15, 0.2) is 5.76 Å². The molecule has 13 heteroatoms. The summed E-state index contributed by atoms with van der Waals surface area (Å²) in [7, 11) is -4.20. The Morgan fingerprint density at radius 1 is 1.05 bits per heavy atom. The number of hydrogen-bond acceptors (Lipinski definition) is 7. The summed E-state index contributed by atoms with van der Waals surface area (Å²) in [5.41, 5.74) is 0.279. The van der Waals surface area contributed by atoms with E-state index in [0.29, 0.717) is 34.2 Å². The molecule has 40 heavy (non-hydrogen) atoms. The van der Waals surface area contributed by atoms with Crippen LogP contribution < -0.4 is 0 Å². The number of carboxylic acid groups (broad SMARTS) is 1. The Bertz CT molecular complexity index is 1610. The number of sulfonamides is 1. The predicted molar refractivity (Wildman–Crippen MR) is 142 cm³/mol. The molecule has 3 heterocycles. The van der Waals surface area contributed by atoms with E-state index in [1.54, 1.807) is 18.2 Å². The Morgan fingerprint density at radius 2 is 1.70 bits per heavy atom. The third kappa shape index (κ3) is 4.78. The minimum Gasteiger partial charge on any atom is -0.478 e. The van der Waals surface area contributed by atoms with Crippen LogP contribution in [-0.2, 0) is 14.8 Å². The molecule has 3 fully saturated rings. The maximum atomic E-state index is 14.1. The number of aromatic nitrogens is 1. The molecule has 2 aromatic carbocycles. The number of aromatic carboxylic acids is 1. The fourth-order valence-corrected chi connectivity index (χ4v) is 8.28. The number of piperidine rings is 1. The number of nitrogens with zero attached hydrogens (tertiary/aromatic N) is 2. The molecule has 1 saturated carbocycles. The quantitative estimate of drug-likeness (QED) is 0.328. The van der Waals surface area contributed by atoms with Crippen molar-refractivity contribution < 1.29 is 36.8 Å². The van der Waals surface area contributed by atoms with Gasteiger partial charge in [0, 0.05) is 36.4 Å². The number of ether oxygens (including phenoxy) is 1. The van der Waals surface area contributed by atoms with Crippen LogP contribution in [-0.4, -0.2) is 53.1 Å². The molecule has 0 radical (unpaired) electrons. The molecule has 0 amide bonds. The lowest BCUT2D eigenvalue weighted by atomic mass is 10.0. The number of hydrogen-bond donors (Lipinski definition) is 1. The highest BCUT2D eigenvalue weighted by atomic mass is 35.5. The smallest absolute Gasteiger partial charge is 0.344 e. The third-order valence-corrected chi connectivity index (χ3v) is 10.3. The van der Waals surface area contributed by atoms with Gasteiger partial charge in [-0.05, 0) is 56.0 Å². The number of fused-ring (bicyclic) bond motifs is 2. The highest BCUT2D eigenvalue weighted by molar-refractivity contribution is 7.89. The zero-order valence-corrected chi connectivity index (χ0v) is 23.2. The van der Waals surface area contributed by atoms with Crippen molar-refractivity contribution in [3.8, 4) is 11.3 Å². The van der Waals surface area contributed by atoms with Gasteiger partial charge in [-0.1, -0.05) is 34.4 Å². The van der Waals surface area contributed by atoms with Crippen LogP contribution in [0.25, 0.3) is 11.3 Å². The van der Waals surface area contributed by atoms with Crippen LogP contribution in [0.1, 0.15) is 70.9 Å². The molecule has 9 nitrogen and oxygen atoms in total. The Morgan fingerprint density at radius 3 is 2.30 bits per heavy atom. The number of carbonyl (C=O) groups is 2. The minimum atomic E-state index is -4.20. The van der Waals surface area contributed by atoms with Crippen LogP contribution in [0.3, 0.4) is 0 Å². The van der Waals surface area contributed by atoms with E-state index < -0.39 is 56.4 Å². The van der Waals surface area contributed by atoms with Crippen molar-refractivity contribution >= 4 is 45.2 Å². The Kier molecular flexibility index (Phi) is 6.89. The molecule has 0 spiro atoms. The average Bonchev–Trinajstić information content (AvgIpc) is 3.58. The van der Waals surface area contributed by atoms with Crippen molar-refractivity contribution in [2.45, 2.75) is 67.5 Å². The lowest BCUT2D eigenvalue weighted by molar-refractivity contribution is 0.00824. The largest absolute Gasteiger partial charge is 0.478 e. The Labute approximate surface area is 238 Å². The molecular weight excluding hydrogens is 586 g/mol. The molecule has 2 aliphatic heterocycles. The van der Waals surface area contributed by atoms with Crippen molar-refractivity contribution in [2.75, 3.05) is 0 Å². The highest BCUT2D eigenvalue weighted by Crippen LogP contribution is 2.47. The van der Waals surface area contributed by atoms with E-state index in [1.165, 1.54) is 4.31 Å². The Balaban J connectivity index is 1.25. The number of rotatable bonds is 7. The summed E-state index contributed by atoms with van der Waals surface area (Å²) in [4.78, 5) is 24.5. The van der Waals surface area contributed by atoms with Crippen LogP contribution in [0.4, 0.5) is 4.39 Å². The molecule has 1 N–H and O–H groups in total. The van der Waals surface area contributed by atoms with Gasteiger partial charge >= 0.3 is 11.9 Å². The van der Waals surface area contributed by atoms with Gasteiger partial charge in [-0.25, -0.2) is 22.4 Å². The predicted octanol–water partition coefficient (Wildman–Crippen LogP) is 5.90. The molecule has 3 aromatic rings. The average molecular weight is 609 g/mol. The molecule has 1 unspecified atom stereocenters. The third-order valence-electron chi connectivity index (χ3n) is 7.66. The zero-order valence-electron chi connectivity index (χ0n) is 20.8. The van der Waals surface area contributed by atoms with Crippen LogP contribution in [0.5, 0.6) is 0 Å². The number of esters is 1. The monoisotopic (exact) mass is 608 g/mol. The molecule has 2 bridgehead atoms. The lowest BCUT2D eigenvalue weighted by Gasteiger charge is -2.37. The molecule has 210 valence electrons. The molecule has 1 aromatic heterocycles. The SMILES string of the molecule is O=C(O)c1cc(F)cc(S(=O)(=O)N2[C@@H]3CC[C@H]2CC(OC(=O)c2c(-c4c(Cl)cccc4Cl)noc2C2CC2)C3)c1. The number of benzene rings is 2. The number of halogens is 3. The minimum absolute atomic E-state index is 0.0372. The van der Waals surface area contributed by atoms with Gasteiger partial charge in [0.25, 0.3) is 0 Å². The van der Waals surface area contributed by atoms with Gasteiger partial charge in [-0.3, -0.25) is 0 Å². The second-order valence-electron chi connectivity index (χ2n) is 10.3. The van der Waals surface area contributed by atoms with Gasteiger partial charge < -0.3 is 14.4 Å². The van der Waals surface area contributed by atoms with E-state index in [-0.39, 0.29) is 30.0 Å². The summed E-state index contributed by atoms with van der Waals surface area (Å²) in [5, 5.41) is 14.0. The molecule has 3 aliphatic rings. The second kappa shape index (κ2) is 10.1.